The number of carbonyl (C=O) groups excluding carboxylic acids is 1. The van der Waals surface area contributed by atoms with Crippen LogP contribution in [0.5, 0.6) is 0 Å². The zero-order chi connectivity index (χ0) is 13.8. The van der Waals surface area contributed by atoms with Gasteiger partial charge in [0.2, 0.25) is 0 Å². The molecule has 0 radical (unpaired) electrons. The molecule has 0 unspecified atom stereocenters. The van der Waals surface area contributed by atoms with Crippen LogP contribution in [0, 0.1) is 6.92 Å². The second-order valence-corrected chi connectivity index (χ2v) is 5.13. The van der Waals surface area contributed by atoms with Gasteiger partial charge >= 0.3 is 5.97 Å². The fourth-order valence-electron chi connectivity index (χ4n) is 2.49. The van der Waals surface area contributed by atoms with Gasteiger partial charge in [-0.15, -0.1) is 0 Å². The summed E-state index contributed by atoms with van der Waals surface area (Å²) in [7, 11) is 3.58. The second kappa shape index (κ2) is 6.06. The monoisotopic (exact) mass is 262 g/mol. The molecule has 4 heteroatoms. The van der Waals surface area contributed by atoms with Crippen LogP contribution in [0.2, 0.25) is 0 Å². The van der Waals surface area contributed by atoms with Crippen molar-refractivity contribution in [3.05, 3.63) is 29.3 Å². The Morgan fingerprint density at radius 1 is 1.21 bits per heavy atom. The first-order valence-corrected chi connectivity index (χ1v) is 6.74. The zero-order valence-corrected chi connectivity index (χ0v) is 12.0. The molecule has 104 valence electrons. The van der Waals surface area contributed by atoms with Gasteiger partial charge in [-0.1, -0.05) is 0 Å². The van der Waals surface area contributed by atoms with E-state index in [1.54, 1.807) is 0 Å². The number of carbonyl (C=O) groups is 1. The van der Waals surface area contributed by atoms with Crippen LogP contribution in [0.15, 0.2) is 18.2 Å². The van der Waals surface area contributed by atoms with Crippen molar-refractivity contribution >= 4 is 11.7 Å². The van der Waals surface area contributed by atoms with E-state index in [0.717, 1.165) is 31.7 Å². The lowest BCUT2D eigenvalue weighted by atomic mass is 10.1. The average molecular weight is 262 g/mol. The molecular weight excluding hydrogens is 240 g/mol. The van der Waals surface area contributed by atoms with Crippen molar-refractivity contribution in [2.75, 3.05) is 45.2 Å². The molecule has 0 saturated carbocycles. The van der Waals surface area contributed by atoms with Crippen LogP contribution in [0.4, 0.5) is 5.69 Å². The van der Waals surface area contributed by atoms with Gasteiger partial charge in [0, 0.05) is 25.3 Å². The molecule has 0 aliphatic carbocycles. The Bertz CT molecular complexity index is 459. The number of nitrogens with zero attached hydrogens (tertiary/aromatic N) is 2. The number of esters is 1. The third-order valence-electron chi connectivity index (χ3n) is 3.70. The van der Waals surface area contributed by atoms with Crippen LogP contribution in [0.1, 0.15) is 22.3 Å². The van der Waals surface area contributed by atoms with Crippen molar-refractivity contribution in [1.29, 1.82) is 0 Å². The number of hydrogen-bond donors (Lipinski definition) is 0. The lowest BCUT2D eigenvalue weighted by Crippen LogP contribution is -2.28. The summed E-state index contributed by atoms with van der Waals surface area (Å²) >= 11 is 0. The fraction of sp³-hybridized carbons (Fsp3) is 0.533. The lowest BCUT2D eigenvalue weighted by molar-refractivity contribution is 0.0600. The Balaban J connectivity index is 2.17. The molecule has 0 aromatic heterocycles. The summed E-state index contributed by atoms with van der Waals surface area (Å²) in [6.07, 6.45) is 1.17. The molecule has 19 heavy (non-hydrogen) atoms. The van der Waals surface area contributed by atoms with Gasteiger partial charge in [-0.3, -0.25) is 0 Å². The van der Waals surface area contributed by atoms with Gasteiger partial charge < -0.3 is 14.5 Å². The Hall–Kier alpha value is -1.55. The third kappa shape index (κ3) is 3.26. The molecule has 0 spiro atoms. The van der Waals surface area contributed by atoms with E-state index in [2.05, 4.69) is 22.9 Å². The minimum atomic E-state index is -0.264. The number of methoxy groups -OCH3 is 1. The molecular formula is C15H22N2O2. The summed E-state index contributed by atoms with van der Waals surface area (Å²) in [5.74, 6) is -0.264. The maximum atomic E-state index is 11.6. The second-order valence-electron chi connectivity index (χ2n) is 5.13. The van der Waals surface area contributed by atoms with E-state index in [0.29, 0.717) is 5.56 Å². The molecule has 1 fully saturated rings. The number of rotatable bonds is 2. The highest BCUT2D eigenvalue weighted by atomic mass is 16.5. The van der Waals surface area contributed by atoms with E-state index >= 15 is 0 Å². The van der Waals surface area contributed by atoms with Crippen LogP contribution < -0.4 is 4.90 Å². The maximum Gasteiger partial charge on any atom is 0.338 e. The molecule has 0 atom stereocenters. The van der Waals surface area contributed by atoms with E-state index in [1.807, 2.05) is 19.1 Å². The van der Waals surface area contributed by atoms with Gasteiger partial charge in [0.15, 0.2) is 0 Å². The Morgan fingerprint density at radius 2 is 2.00 bits per heavy atom. The molecule has 0 bridgehead atoms. The highest BCUT2D eigenvalue weighted by Gasteiger charge is 2.15. The van der Waals surface area contributed by atoms with Gasteiger partial charge in [-0.05, 0) is 50.7 Å². The van der Waals surface area contributed by atoms with E-state index in [4.69, 9.17) is 4.74 Å². The highest BCUT2D eigenvalue weighted by molar-refractivity contribution is 5.91. The molecule has 1 heterocycles. The number of hydrogen-bond acceptors (Lipinski definition) is 4. The molecule has 0 amide bonds. The molecule has 4 nitrogen and oxygen atoms in total. The predicted molar refractivity (Wildman–Crippen MR) is 76.8 cm³/mol. The van der Waals surface area contributed by atoms with Crippen molar-refractivity contribution in [3.8, 4) is 0 Å². The minimum absolute atomic E-state index is 0.264. The summed E-state index contributed by atoms with van der Waals surface area (Å²) in [5, 5.41) is 0. The van der Waals surface area contributed by atoms with Gasteiger partial charge in [0.05, 0.1) is 12.7 Å². The number of aryl methyl sites for hydroxylation is 1. The van der Waals surface area contributed by atoms with Crippen LogP contribution in [0.25, 0.3) is 0 Å². The topological polar surface area (TPSA) is 32.8 Å². The molecule has 1 aromatic rings. The Kier molecular flexibility index (Phi) is 4.43. The van der Waals surface area contributed by atoms with Crippen molar-refractivity contribution in [2.45, 2.75) is 13.3 Å². The first kappa shape index (κ1) is 13.9. The summed E-state index contributed by atoms with van der Waals surface area (Å²) in [6.45, 7) is 6.29. The van der Waals surface area contributed by atoms with E-state index in [9.17, 15) is 4.79 Å². The molecule has 2 rings (SSSR count). The first-order chi connectivity index (χ1) is 9.11. The first-order valence-electron chi connectivity index (χ1n) is 6.74. The summed E-state index contributed by atoms with van der Waals surface area (Å²) < 4.78 is 4.78. The largest absolute Gasteiger partial charge is 0.465 e. The fourth-order valence-corrected chi connectivity index (χ4v) is 2.49. The number of anilines is 1. The third-order valence-corrected chi connectivity index (χ3v) is 3.70. The zero-order valence-electron chi connectivity index (χ0n) is 12.0. The van der Waals surface area contributed by atoms with Crippen LogP contribution >= 0.6 is 0 Å². The quantitative estimate of drug-likeness (QED) is 0.762. The van der Waals surface area contributed by atoms with Gasteiger partial charge in [0.25, 0.3) is 0 Å². The van der Waals surface area contributed by atoms with Gasteiger partial charge in [0.1, 0.15) is 0 Å². The van der Waals surface area contributed by atoms with Crippen LogP contribution in [-0.2, 0) is 4.74 Å². The minimum Gasteiger partial charge on any atom is -0.465 e. The number of likely N-dealkylation sites (N-methyl/N-ethyl adjacent to an activating group) is 1. The summed E-state index contributed by atoms with van der Waals surface area (Å²) in [5.41, 5.74) is 2.82. The Morgan fingerprint density at radius 3 is 2.68 bits per heavy atom. The van der Waals surface area contributed by atoms with Crippen molar-refractivity contribution < 1.29 is 9.53 Å². The number of benzene rings is 1. The highest BCUT2D eigenvalue weighted by Crippen LogP contribution is 2.21. The van der Waals surface area contributed by atoms with Gasteiger partial charge in [-0.2, -0.15) is 0 Å². The smallest absolute Gasteiger partial charge is 0.338 e. The van der Waals surface area contributed by atoms with Crippen molar-refractivity contribution in [1.82, 2.24) is 4.90 Å². The molecule has 1 aromatic carbocycles. The van der Waals surface area contributed by atoms with E-state index < -0.39 is 0 Å². The van der Waals surface area contributed by atoms with Crippen LogP contribution in [-0.4, -0.2) is 51.2 Å². The SMILES string of the molecule is COC(=O)c1ccc(N2CCCN(C)CC2)cc1C. The van der Waals surface area contributed by atoms with Crippen molar-refractivity contribution in [3.63, 3.8) is 0 Å². The molecule has 1 aliphatic rings. The van der Waals surface area contributed by atoms with Crippen LogP contribution in [0.3, 0.4) is 0 Å². The molecule has 0 N–H and O–H groups in total. The van der Waals surface area contributed by atoms with Crippen molar-refractivity contribution in [2.24, 2.45) is 0 Å². The summed E-state index contributed by atoms with van der Waals surface area (Å²) in [4.78, 5) is 16.3. The van der Waals surface area contributed by atoms with E-state index in [-0.39, 0.29) is 5.97 Å². The summed E-state index contributed by atoms with van der Waals surface area (Å²) in [6, 6.07) is 5.97. The molecule has 1 saturated heterocycles. The average Bonchev–Trinajstić information content (AvgIpc) is 2.62. The Labute approximate surface area is 115 Å². The molecule has 1 aliphatic heterocycles. The maximum absolute atomic E-state index is 11.6. The standard InChI is InChI=1S/C15H22N2O2/c1-12-11-13(5-6-14(12)15(18)19-3)17-8-4-7-16(2)9-10-17/h5-6,11H,4,7-10H2,1-3H3. The normalized spacial score (nSPS) is 17.1. The van der Waals surface area contributed by atoms with Gasteiger partial charge in [-0.25, -0.2) is 4.79 Å². The van der Waals surface area contributed by atoms with E-state index in [1.165, 1.54) is 19.2 Å². The lowest BCUT2D eigenvalue weighted by Gasteiger charge is -2.23. The number of ether oxygens (including phenoxy) is 1. The predicted octanol–water partition coefficient (Wildman–Crippen LogP) is 1.92.